The van der Waals surface area contributed by atoms with Gasteiger partial charge in [0.15, 0.2) is 18.1 Å². The van der Waals surface area contributed by atoms with Gasteiger partial charge in [0.2, 0.25) is 0 Å². The topological polar surface area (TPSA) is 66.0 Å². The van der Waals surface area contributed by atoms with Crippen LogP contribution in [0.25, 0.3) is 0 Å². The van der Waals surface area contributed by atoms with Gasteiger partial charge in [0.1, 0.15) is 0 Å². The number of benzene rings is 1. The molecule has 0 aliphatic carbocycles. The molecule has 0 amide bonds. The van der Waals surface area contributed by atoms with Crippen LogP contribution in [0.2, 0.25) is 0 Å². The Morgan fingerprint density at radius 1 is 1.29 bits per heavy atom. The SMILES string of the molecule is CCOC(=O)COc1c(CNCCOC)cccc1OC. The van der Waals surface area contributed by atoms with E-state index in [1.165, 1.54) is 0 Å². The van der Waals surface area contributed by atoms with E-state index in [0.29, 0.717) is 31.3 Å². The molecule has 0 unspecified atom stereocenters. The Morgan fingerprint density at radius 3 is 2.76 bits per heavy atom. The Labute approximate surface area is 125 Å². The second-order valence-electron chi connectivity index (χ2n) is 4.21. The van der Waals surface area contributed by atoms with Crippen molar-refractivity contribution < 1.29 is 23.7 Å². The summed E-state index contributed by atoms with van der Waals surface area (Å²) in [4.78, 5) is 11.4. The molecule has 6 nitrogen and oxygen atoms in total. The lowest BCUT2D eigenvalue weighted by atomic mass is 10.2. The van der Waals surface area contributed by atoms with Crippen LogP contribution >= 0.6 is 0 Å². The van der Waals surface area contributed by atoms with Gasteiger partial charge in [-0.3, -0.25) is 0 Å². The molecule has 118 valence electrons. The lowest BCUT2D eigenvalue weighted by molar-refractivity contribution is -0.145. The third-order valence-electron chi connectivity index (χ3n) is 2.72. The van der Waals surface area contributed by atoms with E-state index in [0.717, 1.165) is 12.1 Å². The van der Waals surface area contributed by atoms with Gasteiger partial charge in [0.05, 0.1) is 20.3 Å². The summed E-state index contributed by atoms with van der Waals surface area (Å²) in [6.45, 7) is 3.90. The molecule has 0 saturated heterocycles. The normalized spacial score (nSPS) is 10.2. The third kappa shape index (κ3) is 6.01. The second kappa shape index (κ2) is 10.0. The van der Waals surface area contributed by atoms with Crippen molar-refractivity contribution in [3.8, 4) is 11.5 Å². The summed E-state index contributed by atoms with van der Waals surface area (Å²) in [6.07, 6.45) is 0. The van der Waals surface area contributed by atoms with Gasteiger partial charge in [0, 0.05) is 25.8 Å². The minimum atomic E-state index is -0.401. The molecule has 0 bridgehead atoms. The first-order chi connectivity index (χ1) is 10.2. The number of hydrogen-bond acceptors (Lipinski definition) is 6. The Balaban J connectivity index is 2.70. The molecule has 6 heteroatoms. The van der Waals surface area contributed by atoms with Crippen LogP contribution in [0.1, 0.15) is 12.5 Å². The van der Waals surface area contributed by atoms with Crippen molar-refractivity contribution in [2.24, 2.45) is 0 Å². The Kier molecular flexibility index (Phi) is 8.23. The summed E-state index contributed by atoms with van der Waals surface area (Å²) in [5.74, 6) is 0.741. The van der Waals surface area contributed by atoms with E-state index in [-0.39, 0.29) is 6.61 Å². The number of hydrogen-bond donors (Lipinski definition) is 1. The number of nitrogens with one attached hydrogen (secondary N) is 1. The summed E-state index contributed by atoms with van der Waals surface area (Å²) in [7, 11) is 3.22. The van der Waals surface area contributed by atoms with Gasteiger partial charge in [-0.15, -0.1) is 0 Å². The Morgan fingerprint density at radius 2 is 2.10 bits per heavy atom. The zero-order chi connectivity index (χ0) is 15.5. The van der Waals surface area contributed by atoms with E-state index in [1.807, 2.05) is 12.1 Å². The lowest BCUT2D eigenvalue weighted by Crippen LogP contribution is -2.20. The highest BCUT2D eigenvalue weighted by atomic mass is 16.6. The molecule has 0 aromatic heterocycles. The van der Waals surface area contributed by atoms with Gasteiger partial charge in [0.25, 0.3) is 0 Å². The van der Waals surface area contributed by atoms with Gasteiger partial charge in [-0.05, 0) is 13.0 Å². The molecular weight excluding hydrogens is 274 g/mol. The minimum absolute atomic E-state index is 0.140. The highest BCUT2D eigenvalue weighted by Crippen LogP contribution is 2.31. The molecule has 1 rings (SSSR count). The molecule has 0 heterocycles. The number of methoxy groups -OCH3 is 2. The monoisotopic (exact) mass is 297 g/mol. The molecule has 0 atom stereocenters. The molecule has 0 radical (unpaired) electrons. The first-order valence-electron chi connectivity index (χ1n) is 6.86. The van der Waals surface area contributed by atoms with E-state index >= 15 is 0 Å². The fourth-order valence-corrected chi connectivity index (χ4v) is 1.76. The zero-order valence-corrected chi connectivity index (χ0v) is 12.8. The van der Waals surface area contributed by atoms with Crippen LogP contribution in [-0.4, -0.2) is 46.6 Å². The van der Waals surface area contributed by atoms with Crippen LogP contribution in [-0.2, 0) is 20.8 Å². The summed E-state index contributed by atoms with van der Waals surface area (Å²) in [6, 6.07) is 5.59. The highest BCUT2D eigenvalue weighted by molar-refractivity contribution is 5.71. The van der Waals surface area contributed by atoms with E-state index < -0.39 is 5.97 Å². The number of carbonyl (C=O) groups is 1. The second-order valence-corrected chi connectivity index (χ2v) is 4.21. The van der Waals surface area contributed by atoms with Crippen LogP contribution in [0, 0.1) is 0 Å². The maximum Gasteiger partial charge on any atom is 0.344 e. The van der Waals surface area contributed by atoms with Gasteiger partial charge in [-0.25, -0.2) is 4.79 Å². The lowest BCUT2D eigenvalue weighted by Gasteiger charge is -2.15. The van der Waals surface area contributed by atoms with Crippen molar-refractivity contribution in [1.29, 1.82) is 0 Å². The fraction of sp³-hybridized carbons (Fsp3) is 0.533. The molecule has 1 aromatic rings. The smallest absolute Gasteiger partial charge is 0.344 e. The molecule has 0 fully saturated rings. The van der Waals surface area contributed by atoms with Crippen LogP contribution < -0.4 is 14.8 Å². The number of carbonyl (C=O) groups excluding carboxylic acids is 1. The molecule has 0 aliphatic rings. The zero-order valence-electron chi connectivity index (χ0n) is 12.8. The first-order valence-corrected chi connectivity index (χ1v) is 6.86. The molecule has 0 saturated carbocycles. The van der Waals surface area contributed by atoms with Crippen molar-refractivity contribution in [2.75, 3.05) is 40.6 Å². The molecule has 0 spiro atoms. The van der Waals surface area contributed by atoms with E-state index in [4.69, 9.17) is 18.9 Å². The average molecular weight is 297 g/mol. The number of esters is 1. The van der Waals surface area contributed by atoms with Crippen molar-refractivity contribution in [3.63, 3.8) is 0 Å². The number of para-hydroxylation sites is 1. The Hall–Kier alpha value is -1.79. The fourth-order valence-electron chi connectivity index (χ4n) is 1.76. The third-order valence-corrected chi connectivity index (χ3v) is 2.72. The quantitative estimate of drug-likeness (QED) is 0.520. The van der Waals surface area contributed by atoms with Gasteiger partial charge in [-0.2, -0.15) is 0 Å². The van der Waals surface area contributed by atoms with Crippen LogP contribution in [0.15, 0.2) is 18.2 Å². The summed E-state index contributed by atoms with van der Waals surface area (Å²) < 4.78 is 20.7. The average Bonchev–Trinajstić information content (AvgIpc) is 2.50. The van der Waals surface area contributed by atoms with E-state index in [9.17, 15) is 4.79 Å². The van der Waals surface area contributed by atoms with Gasteiger partial charge in [-0.1, -0.05) is 12.1 Å². The van der Waals surface area contributed by atoms with Crippen LogP contribution in [0.5, 0.6) is 11.5 Å². The van der Waals surface area contributed by atoms with E-state index in [2.05, 4.69) is 5.32 Å². The number of rotatable bonds is 10. The standard InChI is InChI=1S/C15H23NO5/c1-4-20-14(17)11-21-15-12(10-16-8-9-18-2)6-5-7-13(15)19-3/h5-7,16H,4,8-11H2,1-3H3. The van der Waals surface area contributed by atoms with Crippen LogP contribution in [0.3, 0.4) is 0 Å². The summed E-state index contributed by atoms with van der Waals surface area (Å²) >= 11 is 0. The molecule has 21 heavy (non-hydrogen) atoms. The molecule has 1 N–H and O–H groups in total. The molecule has 1 aromatic carbocycles. The minimum Gasteiger partial charge on any atom is -0.493 e. The van der Waals surface area contributed by atoms with Gasteiger partial charge < -0.3 is 24.3 Å². The van der Waals surface area contributed by atoms with E-state index in [1.54, 1.807) is 27.2 Å². The van der Waals surface area contributed by atoms with Gasteiger partial charge >= 0.3 is 5.97 Å². The Bertz CT molecular complexity index is 436. The maximum absolute atomic E-state index is 11.4. The van der Waals surface area contributed by atoms with Crippen molar-refractivity contribution in [1.82, 2.24) is 5.32 Å². The summed E-state index contributed by atoms with van der Waals surface area (Å²) in [5, 5.41) is 3.23. The highest BCUT2D eigenvalue weighted by Gasteiger charge is 2.12. The van der Waals surface area contributed by atoms with Crippen molar-refractivity contribution in [3.05, 3.63) is 23.8 Å². The maximum atomic E-state index is 11.4. The predicted molar refractivity (Wildman–Crippen MR) is 78.7 cm³/mol. The predicted octanol–water partition coefficient (Wildman–Crippen LogP) is 1.37. The van der Waals surface area contributed by atoms with Crippen molar-refractivity contribution >= 4 is 5.97 Å². The summed E-state index contributed by atoms with van der Waals surface area (Å²) in [5.41, 5.74) is 0.912. The van der Waals surface area contributed by atoms with Crippen molar-refractivity contribution in [2.45, 2.75) is 13.5 Å². The molecular formula is C15H23NO5. The number of ether oxygens (including phenoxy) is 4. The van der Waals surface area contributed by atoms with Crippen LogP contribution in [0.4, 0.5) is 0 Å². The molecule has 0 aliphatic heterocycles. The first kappa shape index (κ1) is 17.3. The largest absolute Gasteiger partial charge is 0.493 e.